The van der Waals surface area contributed by atoms with E-state index in [-0.39, 0.29) is 0 Å². The Morgan fingerprint density at radius 3 is 1.40 bits per heavy atom. The first kappa shape index (κ1) is 25.1. The molecule has 0 fully saturated rings. The van der Waals surface area contributed by atoms with Crippen molar-refractivity contribution in [3.63, 3.8) is 0 Å². The Labute approximate surface area is 203 Å². The Kier molecular flexibility index (Phi) is 5.94. The van der Waals surface area contributed by atoms with Gasteiger partial charge in [0, 0.05) is 12.2 Å². The molecule has 0 nitrogen and oxygen atoms in total. The van der Waals surface area contributed by atoms with Crippen molar-refractivity contribution in [3.8, 4) is 22.3 Å². The molecule has 0 N–H and O–H groups in total. The zero-order chi connectivity index (χ0) is 25.5. The van der Waals surface area contributed by atoms with Gasteiger partial charge in [-0.1, -0.05) is 60.7 Å². The average Bonchev–Trinajstić information content (AvgIpc) is 3.28. The maximum atomic E-state index is 9.87. The van der Waals surface area contributed by atoms with Gasteiger partial charge in [-0.3, -0.25) is 0 Å². The van der Waals surface area contributed by atoms with Crippen LogP contribution in [0.4, 0.5) is 25.2 Å². The second kappa shape index (κ2) is 8.28. The van der Waals surface area contributed by atoms with Crippen LogP contribution < -0.4 is 0 Å². The van der Waals surface area contributed by atoms with Crippen LogP contribution >= 0.6 is 7.81 Å². The summed E-state index contributed by atoms with van der Waals surface area (Å²) in [7, 11) is -10.7. The van der Waals surface area contributed by atoms with Gasteiger partial charge in [0.2, 0.25) is 16.3 Å². The molecular formula is C27H21F6PS. The van der Waals surface area contributed by atoms with Gasteiger partial charge in [-0.2, -0.15) is 0 Å². The van der Waals surface area contributed by atoms with Crippen LogP contribution in [0.3, 0.4) is 0 Å². The third-order valence-electron chi connectivity index (χ3n) is 5.53. The molecule has 0 spiro atoms. The van der Waals surface area contributed by atoms with E-state index in [1.165, 1.54) is 55.0 Å². The van der Waals surface area contributed by atoms with E-state index in [4.69, 9.17) is 0 Å². The summed E-state index contributed by atoms with van der Waals surface area (Å²) in [6, 6.07) is 26.4. The fraction of sp³-hybridized carbons (Fsp3) is 0.0741. The van der Waals surface area contributed by atoms with Gasteiger partial charge in [-0.15, -0.1) is 0 Å². The first-order chi connectivity index (χ1) is 16.2. The van der Waals surface area contributed by atoms with Crippen molar-refractivity contribution in [3.05, 3.63) is 112 Å². The zero-order valence-electron chi connectivity index (χ0n) is 18.8. The van der Waals surface area contributed by atoms with E-state index < -0.39 is 7.81 Å². The van der Waals surface area contributed by atoms with Gasteiger partial charge >= 0.3 is 33.0 Å². The number of hydrogen-bond donors (Lipinski definition) is 0. The molecule has 0 saturated heterocycles. The molecule has 0 aromatic rings. The number of halogens is 6. The van der Waals surface area contributed by atoms with Gasteiger partial charge in [0.15, 0.2) is 5.37 Å². The van der Waals surface area contributed by atoms with Crippen molar-refractivity contribution in [2.75, 3.05) is 0 Å². The SMILES string of the molecule is Cc1cc(C(=C2C=CC=[S+]2)c2cc(C)c3cccccc2-3)c2cccccc1-2.F[P-](F)(F)(F)(F)F. The van der Waals surface area contributed by atoms with Crippen LogP contribution in [0.2, 0.25) is 0 Å². The molecule has 182 valence electrons. The van der Waals surface area contributed by atoms with Gasteiger partial charge in [0.25, 0.3) is 0 Å². The van der Waals surface area contributed by atoms with Crippen LogP contribution in [-0.2, 0) is 11.4 Å². The number of hydrogen-bond acceptors (Lipinski definition) is 0. The van der Waals surface area contributed by atoms with Crippen LogP contribution in [0.1, 0.15) is 22.3 Å². The molecular weight excluding hydrogens is 501 g/mol. The topological polar surface area (TPSA) is 0 Å². The molecule has 0 radical (unpaired) electrons. The molecule has 0 amide bonds. The molecule has 5 rings (SSSR count). The fourth-order valence-corrected chi connectivity index (χ4v) is 5.04. The van der Waals surface area contributed by atoms with Gasteiger partial charge in [-0.25, -0.2) is 0 Å². The van der Waals surface area contributed by atoms with E-state index in [9.17, 15) is 25.2 Å². The first-order valence-electron chi connectivity index (χ1n) is 10.6. The molecule has 1 aliphatic heterocycles. The molecule has 1 heterocycles. The van der Waals surface area contributed by atoms with Crippen LogP contribution in [0.5, 0.6) is 0 Å². The predicted molar refractivity (Wildman–Crippen MR) is 138 cm³/mol. The summed E-state index contributed by atoms with van der Waals surface area (Å²) in [5.74, 6) is 0. The molecule has 8 heteroatoms. The van der Waals surface area contributed by atoms with Crippen molar-refractivity contribution in [1.29, 1.82) is 0 Å². The monoisotopic (exact) mass is 522 g/mol. The first-order valence-corrected chi connectivity index (χ1v) is 13.5. The average molecular weight is 522 g/mol. The van der Waals surface area contributed by atoms with Crippen LogP contribution in [0, 0.1) is 13.8 Å². The van der Waals surface area contributed by atoms with Gasteiger partial charge in [0.05, 0.1) is 5.57 Å². The molecule has 35 heavy (non-hydrogen) atoms. The standard InChI is InChI=1S/C27H21S.F6P/c1-18-16-24(22-12-7-3-5-10-20(18)22)27(26-14-9-15-28-26)25-17-19(2)21-11-6-4-8-13-23(21)25;1-7(2,3,4,5)6/h3-17H,1-2H3;/q+1;-1. The Morgan fingerprint density at radius 2 is 1.03 bits per heavy atom. The van der Waals surface area contributed by atoms with Crippen molar-refractivity contribution in [2.24, 2.45) is 0 Å². The summed E-state index contributed by atoms with van der Waals surface area (Å²) < 4.78 is 59.2. The van der Waals surface area contributed by atoms with E-state index in [1.807, 2.05) is 11.4 Å². The predicted octanol–water partition coefficient (Wildman–Crippen LogP) is 10.1. The van der Waals surface area contributed by atoms with Crippen molar-refractivity contribution in [2.45, 2.75) is 13.8 Å². The summed E-state index contributed by atoms with van der Waals surface area (Å²) in [4.78, 5) is 1.32. The summed E-state index contributed by atoms with van der Waals surface area (Å²) in [6.07, 6.45) is 4.39. The molecule has 0 aromatic carbocycles. The minimum absolute atomic E-state index is 1.32. The quantitative estimate of drug-likeness (QED) is 0.106. The van der Waals surface area contributed by atoms with Crippen LogP contribution in [0.25, 0.3) is 27.8 Å². The van der Waals surface area contributed by atoms with E-state index >= 15 is 0 Å². The third-order valence-corrected chi connectivity index (χ3v) is 6.42. The fourth-order valence-electron chi connectivity index (χ4n) is 4.24. The Balaban J connectivity index is 0.000000364. The molecule has 4 aliphatic carbocycles. The van der Waals surface area contributed by atoms with Crippen LogP contribution in [0.15, 0.2) is 89.9 Å². The molecule has 0 unspecified atom stereocenters. The van der Waals surface area contributed by atoms with E-state index in [2.05, 4.69) is 104 Å². The molecule has 0 atom stereocenters. The van der Waals surface area contributed by atoms with E-state index in [1.54, 1.807) is 0 Å². The normalized spacial score (nSPS) is 15.0. The molecule has 5 aliphatic rings. The summed E-state index contributed by atoms with van der Waals surface area (Å²) in [5.41, 5.74) is 11.9. The second-order valence-electron chi connectivity index (χ2n) is 8.27. The number of allylic oxidation sites excluding steroid dienone is 2. The molecule has 0 saturated carbocycles. The van der Waals surface area contributed by atoms with Gasteiger partial charge in [0.1, 0.15) is 0 Å². The zero-order valence-corrected chi connectivity index (χ0v) is 20.5. The summed E-state index contributed by atoms with van der Waals surface area (Å²) >= 11 is 1.81. The van der Waals surface area contributed by atoms with Crippen molar-refractivity contribution in [1.82, 2.24) is 0 Å². The summed E-state index contributed by atoms with van der Waals surface area (Å²) in [5, 5.41) is 2.17. The maximum absolute atomic E-state index is 10.7. The molecule has 0 aromatic heterocycles. The van der Waals surface area contributed by atoms with Crippen LogP contribution in [-0.4, -0.2) is 5.37 Å². The summed E-state index contributed by atoms with van der Waals surface area (Å²) in [6.45, 7) is 4.43. The number of rotatable bonds is 2. The molecule has 0 bridgehead atoms. The third kappa shape index (κ3) is 6.36. The van der Waals surface area contributed by atoms with Gasteiger partial charge in [-0.05, 0) is 70.5 Å². The van der Waals surface area contributed by atoms with E-state index in [0.717, 1.165) is 0 Å². The Hall–Kier alpha value is -3.02. The van der Waals surface area contributed by atoms with Gasteiger partial charge < -0.3 is 0 Å². The van der Waals surface area contributed by atoms with E-state index in [0.29, 0.717) is 0 Å². The van der Waals surface area contributed by atoms with Crippen molar-refractivity contribution >= 4 is 30.1 Å². The van der Waals surface area contributed by atoms with Crippen molar-refractivity contribution < 1.29 is 25.2 Å². The Bertz CT molecular complexity index is 1340. The second-order valence-corrected chi connectivity index (χ2v) is 11.1. The Morgan fingerprint density at radius 1 is 0.629 bits per heavy atom. The number of fused-ring (bicyclic) bond motifs is 2. The number of aryl methyl sites for hydroxylation is 2. The minimum atomic E-state index is -10.7.